The fourth-order valence-electron chi connectivity index (χ4n) is 3.69. The molecule has 2 N–H and O–H groups in total. The molecule has 0 atom stereocenters. The van der Waals surface area contributed by atoms with Crippen molar-refractivity contribution in [1.82, 2.24) is 10.6 Å². The average molecular weight is 252 g/mol. The molecule has 0 amide bonds. The molecule has 2 fully saturated rings. The van der Waals surface area contributed by atoms with E-state index in [4.69, 9.17) is 0 Å². The summed E-state index contributed by atoms with van der Waals surface area (Å²) in [7, 11) is 0. The summed E-state index contributed by atoms with van der Waals surface area (Å²) in [6.07, 6.45) is 11.9. The molecule has 0 radical (unpaired) electrons. The Labute approximate surface area is 113 Å². The van der Waals surface area contributed by atoms with Crippen LogP contribution >= 0.6 is 0 Å². The van der Waals surface area contributed by atoms with Gasteiger partial charge in [-0.15, -0.1) is 0 Å². The summed E-state index contributed by atoms with van der Waals surface area (Å²) in [6.45, 7) is 7.12. The number of nitrogens with one attached hydrogen (secondary N) is 2. The lowest BCUT2D eigenvalue weighted by atomic mass is 9.79. The average Bonchev–Trinajstić information content (AvgIpc) is 2.46. The van der Waals surface area contributed by atoms with Crippen LogP contribution < -0.4 is 10.6 Å². The second kappa shape index (κ2) is 7.49. The molecule has 18 heavy (non-hydrogen) atoms. The topological polar surface area (TPSA) is 24.1 Å². The third-order valence-electron chi connectivity index (χ3n) is 5.16. The minimum atomic E-state index is 0.612. The van der Waals surface area contributed by atoms with Gasteiger partial charge >= 0.3 is 0 Å². The molecule has 1 aliphatic carbocycles. The van der Waals surface area contributed by atoms with E-state index in [1.165, 1.54) is 64.5 Å². The number of hydrogen-bond donors (Lipinski definition) is 2. The van der Waals surface area contributed by atoms with Gasteiger partial charge in [-0.2, -0.15) is 0 Å². The highest BCUT2D eigenvalue weighted by Crippen LogP contribution is 2.32. The van der Waals surface area contributed by atoms with Gasteiger partial charge in [-0.25, -0.2) is 0 Å². The van der Waals surface area contributed by atoms with Crippen LogP contribution in [0.5, 0.6) is 0 Å². The van der Waals surface area contributed by atoms with Gasteiger partial charge in [0.1, 0.15) is 0 Å². The van der Waals surface area contributed by atoms with E-state index in [2.05, 4.69) is 24.5 Å². The van der Waals surface area contributed by atoms with E-state index >= 15 is 0 Å². The standard InChI is InChI=1S/C16H32N2/c1-3-5-6-14-11-17-16(18-12-14)15-9-7-13(4-2)8-10-15/h13-18H,3-12H2,1-2H3. The summed E-state index contributed by atoms with van der Waals surface area (Å²) in [4.78, 5) is 0. The van der Waals surface area contributed by atoms with Gasteiger partial charge in [-0.3, -0.25) is 0 Å². The Balaban J connectivity index is 1.67. The lowest BCUT2D eigenvalue weighted by molar-refractivity contribution is 0.160. The molecule has 0 spiro atoms. The van der Waals surface area contributed by atoms with E-state index in [9.17, 15) is 0 Å². The molecular weight excluding hydrogens is 220 g/mol. The minimum absolute atomic E-state index is 0.612. The van der Waals surface area contributed by atoms with Crippen molar-refractivity contribution in [3.8, 4) is 0 Å². The maximum absolute atomic E-state index is 3.77. The molecule has 0 bridgehead atoms. The van der Waals surface area contributed by atoms with Gasteiger partial charge < -0.3 is 10.6 Å². The zero-order valence-electron chi connectivity index (χ0n) is 12.4. The maximum atomic E-state index is 3.77. The van der Waals surface area contributed by atoms with Crippen molar-refractivity contribution in [3.63, 3.8) is 0 Å². The van der Waals surface area contributed by atoms with Crippen molar-refractivity contribution in [1.29, 1.82) is 0 Å². The molecule has 1 saturated heterocycles. The van der Waals surface area contributed by atoms with Crippen LogP contribution in [0.2, 0.25) is 0 Å². The predicted octanol–water partition coefficient (Wildman–Crippen LogP) is 3.53. The normalized spacial score (nSPS) is 37.7. The first kappa shape index (κ1) is 14.3. The summed E-state index contributed by atoms with van der Waals surface area (Å²) in [5.41, 5.74) is 0. The summed E-state index contributed by atoms with van der Waals surface area (Å²) >= 11 is 0. The largest absolute Gasteiger partial charge is 0.301 e. The lowest BCUT2D eigenvalue weighted by Crippen LogP contribution is -2.56. The first-order chi connectivity index (χ1) is 8.83. The van der Waals surface area contributed by atoms with Crippen LogP contribution in [-0.2, 0) is 0 Å². The van der Waals surface area contributed by atoms with Crippen LogP contribution in [0, 0.1) is 17.8 Å². The molecule has 2 aliphatic rings. The molecule has 0 aromatic heterocycles. The molecule has 0 aromatic carbocycles. The van der Waals surface area contributed by atoms with Crippen molar-refractivity contribution in [2.24, 2.45) is 17.8 Å². The fourth-order valence-corrected chi connectivity index (χ4v) is 3.69. The zero-order chi connectivity index (χ0) is 12.8. The molecule has 2 nitrogen and oxygen atoms in total. The molecule has 106 valence electrons. The molecule has 1 saturated carbocycles. The summed E-state index contributed by atoms with van der Waals surface area (Å²) in [6, 6.07) is 0. The van der Waals surface area contributed by atoms with E-state index in [-0.39, 0.29) is 0 Å². The fraction of sp³-hybridized carbons (Fsp3) is 1.00. The van der Waals surface area contributed by atoms with Gasteiger partial charge in [0.2, 0.25) is 0 Å². The second-order valence-corrected chi connectivity index (χ2v) is 6.49. The Kier molecular flexibility index (Phi) is 5.97. The number of rotatable bonds is 5. The predicted molar refractivity (Wildman–Crippen MR) is 78.5 cm³/mol. The Morgan fingerprint density at radius 3 is 2.11 bits per heavy atom. The highest BCUT2D eigenvalue weighted by Gasteiger charge is 2.29. The first-order valence-electron chi connectivity index (χ1n) is 8.30. The van der Waals surface area contributed by atoms with Gasteiger partial charge in [0, 0.05) is 13.1 Å². The van der Waals surface area contributed by atoms with Crippen molar-refractivity contribution in [3.05, 3.63) is 0 Å². The first-order valence-corrected chi connectivity index (χ1v) is 8.30. The lowest BCUT2D eigenvalue weighted by Gasteiger charge is -2.39. The van der Waals surface area contributed by atoms with Crippen molar-refractivity contribution in [2.75, 3.05) is 13.1 Å². The second-order valence-electron chi connectivity index (χ2n) is 6.49. The zero-order valence-corrected chi connectivity index (χ0v) is 12.4. The van der Waals surface area contributed by atoms with Gasteiger partial charge in [0.05, 0.1) is 6.17 Å². The number of hydrogen-bond acceptors (Lipinski definition) is 2. The third kappa shape index (κ3) is 3.96. The Morgan fingerprint density at radius 1 is 0.889 bits per heavy atom. The quantitative estimate of drug-likeness (QED) is 0.782. The van der Waals surface area contributed by atoms with E-state index in [0.29, 0.717) is 6.17 Å². The molecule has 2 heteroatoms. The van der Waals surface area contributed by atoms with E-state index < -0.39 is 0 Å². The van der Waals surface area contributed by atoms with Crippen LogP contribution in [0.3, 0.4) is 0 Å². The highest BCUT2D eigenvalue weighted by atomic mass is 15.2. The Bertz CT molecular complexity index is 213. The summed E-state index contributed by atoms with van der Waals surface area (Å²) in [5.74, 6) is 2.77. The molecule has 2 rings (SSSR count). The number of unbranched alkanes of at least 4 members (excludes halogenated alkanes) is 1. The molecule has 1 heterocycles. The van der Waals surface area contributed by atoms with E-state index in [0.717, 1.165) is 17.8 Å². The van der Waals surface area contributed by atoms with Gasteiger partial charge in [-0.1, -0.05) is 46.0 Å². The smallest absolute Gasteiger partial charge is 0.0600 e. The van der Waals surface area contributed by atoms with Crippen LogP contribution in [0.1, 0.15) is 65.2 Å². The SMILES string of the molecule is CCCCC1CNC(C2CCC(CC)CC2)NC1. The van der Waals surface area contributed by atoms with E-state index in [1.807, 2.05) is 0 Å². The molecule has 0 unspecified atom stereocenters. The van der Waals surface area contributed by atoms with Gasteiger partial charge in [0.25, 0.3) is 0 Å². The van der Waals surface area contributed by atoms with Crippen molar-refractivity contribution in [2.45, 2.75) is 71.4 Å². The van der Waals surface area contributed by atoms with Crippen LogP contribution in [0.15, 0.2) is 0 Å². The summed E-state index contributed by atoms with van der Waals surface area (Å²) in [5, 5.41) is 7.54. The molecule has 0 aromatic rings. The molecule has 1 aliphatic heterocycles. The third-order valence-corrected chi connectivity index (χ3v) is 5.16. The molecular formula is C16H32N2. The summed E-state index contributed by atoms with van der Waals surface area (Å²) < 4.78 is 0. The monoisotopic (exact) mass is 252 g/mol. The van der Waals surface area contributed by atoms with Crippen LogP contribution in [-0.4, -0.2) is 19.3 Å². The van der Waals surface area contributed by atoms with Crippen molar-refractivity contribution >= 4 is 0 Å². The maximum Gasteiger partial charge on any atom is 0.0600 e. The van der Waals surface area contributed by atoms with Crippen molar-refractivity contribution < 1.29 is 0 Å². The van der Waals surface area contributed by atoms with E-state index in [1.54, 1.807) is 0 Å². The van der Waals surface area contributed by atoms with Crippen LogP contribution in [0.25, 0.3) is 0 Å². The Morgan fingerprint density at radius 2 is 1.56 bits per heavy atom. The highest BCUT2D eigenvalue weighted by molar-refractivity contribution is 4.85. The van der Waals surface area contributed by atoms with Gasteiger partial charge in [0.15, 0.2) is 0 Å². The van der Waals surface area contributed by atoms with Gasteiger partial charge in [-0.05, 0) is 37.0 Å². The minimum Gasteiger partial charge on any atom is -0.301 e. The Hall–Kier alpha value is -0.0800. The van der Waals surface area contributed by atoms with Crippen LogP contribution in [0.4, 0.5) is 0 Å².